The highest BCUT2D eigenvalue weighted by Gasteiger charge is 2.39. The third-order valence-corrected chi connectivity index (χ3v) is 5.48. The number of carbonyl (C=O) groups is 2. The number of alkyl carbamates (subject to hydrolysis) is 1. The Bertz CT molecular complexity index is 1090. The van der Waals surface area contributed by atoms with Crippen LogP contribution in [0.25, 0.3) is 0 Å². The van der Waals surface area contributed by atoms with Crippen molar-refractivity contribution in [1.29, 1.82) is 0 Å². The molecule has 3 atom stereocenters. The van der Waals surface area contributed by atoms with Gasteiger partial charge in [0.1, 0.15) is 13.2 Å². The number of nitrogens with one attached hydrogen (secondary N) is 1. The maximum absolute atomic E-state index is 12.5. The van der Waals surface area contributed by atoms with Gasteiger partial charge in [0.05, 0.1) is 34.6 Å². The fourth-order valence-corrected chi connectivity index (χ4v) is 3.60. The van der Waals surface area contributed by atoms with Crippen molar-refractivity contribution < 1.29 is 39.1 Å². The second kappa shape index (κ2) is 11.9. The molecule has 2 amide bonds. The van der Waals surface area contributed by atoms with E-state index in [1.54, 1.807) is 0 Å². The Hall–Kier alpha value is -4.30. The number of rotatable bonds is 9. The lowest BCUT2D eigenvalue weighted by atomic mass is 10.1. The highest BCUT2D eigenvalue weighted by molar-refractivity contribution is 5.69. The molecule has 3 rings (SSSR count). The zero-order valence-electron chi connectivity index (χ0n) is 18.9. The number of aliphatic hydroxyl groups excluding tert-OH is 2. The number of amides is 2. The van der Waals surface area contributed by atoms with Crippen LogP contribution in [0.4, 0.5) is 21.0 Å². The molecule has 0 spiro atoms. The van der Waals surface area contributed by atoms with Crippen LogP contribution in [-0.2, 0) is 22.7 Å². The van der Waals surface area contributed by atoms with E-state index in [0.717, 1.165) is 4.90 Å². The Balaban J connectivity index is 1.46. The van der Waals surface area contributed by atoms with Crippen LogP contribution in [0, 0.1) is 20.2 Å². The average Bonchev–Trinajstić information content (AvgIpc) is 3.26. The summed E-state index contributed by atoms with van der Waals surface area (Å²) in [7, 11) is 0. The molecule has 2 aromatic rings. The van der Waals surface area contributed by atoms with E-state index in [1.165, 1.54) is 48.5 Å². The second-order valence-electron chi connectivity index (χ2n) is 8.04. The van der Waals surface area contributed by atoms with Gasteiger partial charge in [-0.05, 0) is 41.8 Å². The maximum atomic E-state index is 12.5. The molecule has 0 aliphatic carbocycles. The van der Waals surface area contributed by atoms with Gasteiger partial charge in [0.25, 0.3) is 11.4 Å². The Labute approximate surface area is 204 Å². The highest BCUT2D eigenvalue weighted by atomic mass is 16.6. The van der Waals surface area contributed by atoms with E-state index >= 15 is 0 Å². The standard InChI is InChI=1S/C22H24N4O10/c27-18-9-19(24(11-18)22(30)36-13-15-3-7-17(8-4-15)26(33)34)20(28)10-23-21(29)35-12-14-1-5-16(6-2-14)25(31)32/h1-8,18-20,27-28H,9-13H2,(H,23,29)/t18-,19+,20-/m1/s1. The van der Waals surface area contributed by atoms with Crippen LogP contribution in [0.2, 0.25) is 0 Å². The Morgan fingerprint density at radius 1 is 0.972 bits per heavy atom. The molecular formula is C22H24N4O10. The number of nitro groups is 2. The lowest BCUT2D eigenvalue weighted by Crippen LogP contribution is -2.47. The average molecular weight is 504 g/mol. The molecule has 0 bridgehead atoms. The van der Waals surface area contributed by atoms with Gasteiger partial charge in [-0.1, -0.05) is 0 Å². The summed E-state index contributed by atoms with van der Waals surface area (Å²) in [5, 5.41) is 44.3. The number of carbonyl (C=O) groups excluding carboxylic acids is 2. The third-order valence-electron chi connectivity index (χ3n) is 5.48. The topological polar surface area (TPSA) is 195 Å². The van der Waals surface area contributed by atoms with Crippen LogP contribution >= 0.6 is 0 Å². The van der Waals surface area contributed by atoms with Gasteiger partial charge in [-0.15, -0.1) is 0 Å². The summed E-state index contributed by atoms with van der Waals surface area (Å²) in [5.74, 6) is 0. The van der Waals surface area contributed by atoms with E-state index < -0.39 is 40.3 Å². The van der Waals surface area contributed by atoms with Crippen LogP contribution in [0.1, 0.15) is 17.5 Å². The Morgan fingerprint density at radius 2 is 1.47 bits per heavy atom. The van der Waals surface area contributed by atoms with E-state index in [0.29, 0.717) is 11.1 Å². The predicted octanol–water partition coefficient (Wildman–Crippen LogP) is 1.86. The van der Waals surface area contributed by atoms with Crippen LogP contribution in [0.5, 0.6) is 0 Å². The molecule has 1 aliphatic heterocycles. The lowest BCUT2D eigenvalue weighted by molar-refractivity contribution is -0.385. The van der Waals surface area contributed by atoms with Crippen LogP contribution in [-0.4, -0.2) is 68.5 Å². The third kappa shape index (κ3) is 7.10. The summed E-state index contributed by atoms with van der Waals surface area (Å²) in [6.07, 6.45) is -3.72. The van der Waals surface area contributed by atoms with E-state index in [1.807, 2.05) is 0 Å². The molecular weight excluding hydrogens is 480 g/mol. The van der Waals surface area contributed by atoms with E-state index in [-0.39, 0.29) is 44.1 Å². The molecule has 192 valence electrons. The first-order valence-corrected chi connectivity index (χ1v) is 10.8. The van der Waals surface area contributed by atoms with Crippen molar-refractivity contribution in [3.63, 3.8) is 0 Å². The minimum absolute atomic E-state index is 0.0628. The molecule has 2 aromatic carbocycles. The molecule has 14 heteroatoms. The van der Waals surface area contributed by atoms with Gasteiger partial charge in [-0.2, -0.15) is 0 Å². The number of β-amino-alcohol motifs (C(OH)–C–C–N with tert-alkyl or cyclic N) is 1. The van der Waals surface area contributed by atoms with Crippen LogP contribution in [0.3, 0.4) is 0 Å². The first-order valence-electron chi connectivity index (χ1n) is 10.8. The number of benzene rings is 2. The number of likely N-dealkylation sites (tertiary alicyclic amines) is 1. The smallest absolute Gasteiger partial charge is 0.410 e. The van der Waals surface area contributed by atoms with Crippen molar-refractivity contribution in [1.82, 2.24) is 10.2 Å². The summed E-state index contributed by atoms with van der Waals surface area (Å²) >= 11 is 0. The van der Waals surface area contributed by atoms with E-state index in [9.17, 15) is 40.0 Å². The minimum Gasteiger partial charge on any atom is -0.445 e. The number of nitrogens with zero attached hydrogens (tertiary/aromatic N) is 3. The fraction of sp³-hybridized carbons (Fsp3) is 0.364. The summed E-state index contributed by atoms with van der Waals surface area (Å²) in [5.41, 5.74) is 0.843. The second-order valence-corrected chi connectivity index (χ2v) is 8.04. The van der Waals surface area contributed by atoms with Gasteiger partial charge >= 0.3 is 12.2 Å². The number of nitro benzene ring substituents is 2. The van der Waals surface area contributed by atoms with E-state index in [2.05, 4.69) is 5.32 Å². The molecule has 0 aromatic heterocycles. The summed E-state index contributed by atoms with van der Waals surface area (Å²) in [6, 6.07) is 10.1. The van der Waals surface area contributed by atoms with Crippen molar-refractivity contribution in [2.75, 3.05) is 13.1 Å². The first kappa shape index (κ1) is 26.3. The Kier molecular flexibility index (Phi) is 8.70. The molecule has 1 saturated heterocycles. The highest BCUT2D eigenvalue weighted by Crippen LogP contribution is 2.22. The number of aliphatic hydroxyl groups is 2. The number of hydrogen-bond acceptors (Lipinski definition) is 10. The SMILES string of the molecule is O=C(NC[C@@H](O)[C@@H]1C[C@@H](O)CN1C(=O)OCc1ccc([N+](=O)[O-])cc1)OCc1ccc([N+](=O)[O-])cc1. The number of ether oxygens (including phenoxy) is 2. The monoisotopic (exact) mass is 504 g/mol. The zero-order chi connectivity index (χ0) is 26.2. The molecule has 14 nitrogen and oxygen atoms in total. The van der Waals surface area contributed by atoms with Gasteiger partial charge in [0, 0.05) is 30.8 Å². The molecule has 0 saturated carbocycles. The van der Waals surface area contributed by atoms with Crippen molar-refractivity contribution in [2.45, 2.75) is 37.9 Å². The quantitative estimate of drug-likeness (QED) is 0.335. The van der Waals surface area contributed by atoms with Gasteiger partial charge < -0.3 is 25.0 Å². The molecule has 1 fully saturated rings. The first-order chi connectivity index (χ1) is 17.1. The van der Waals surface area contributed by atoms with Crippen molar-refractivity contribution in [3.05, 3.63) is 79.9 Å². The molecule has 0 radical (unpaired) electrons. The molecule has 1 aliphatic rings. The molecule has 1 heterocycles. The summed E-state index contributed by atoms with van der Waals surface area (Å²) in [4.78, 5) is 46.0. The van der Waals surface area contributed by atoms with Crippen LogP contribution < -0.4 is 5.32 Å². The molecule has 36 heavy (non-hydrogen) atoms. The zero-order valence-corrected chi connectivity index (χ0v) is 18.9. The lowest BCUT2D eigenvalue weighted by Gasteiger charge is -2.27. The minimum atomic E-state index is -1.24. The Morgan fingerprint density at radius 3 is 1.97 bits per heavy atom. The maximum Gasteiger partial charge on any atom is 0.410 e. The normalized spacial score (nSPS) is 17.8. The molecule has 0 unspecified atom stereocenters. The van der Waals surface area contributed by atoms with Crippen molar-refractivity contribution in [2.24, 2.45) is 0 Å². The fourth-order valence-electron chi connectivity index (χ4n) is 3.60. The summed E-state index contributed by atoms with van der Waals surface area (Å²) in [6.45, 7) is -0.670. The van der Waals surface area contributed by atoms with Gasteiger partial charge in [0.15, 0.2) is 0 Å². The van der Waals surface area contributed by atoms with Crippen LogP contribution in [0.15, 0.2) is 48.5 Å². The predicted molar refractivity (Wildman–Crippen MR) is 122 cm³/mol. The summed E-state index contributed by atoms with van der Waals surface area (Å²) < 4.78 is 10.2. The van der Waals surface area contributed by atoms with Gasteiger partial charge in [-0.25, -0.2) is 9.59 Å². The number of non-ortho nitro benzene ring substituents is 2. The van der Waals surface area contributed by atoms with Crippen molar-refractivity contribution in [3.8, 4) is 0 Å². The number of hydrogen-bond donors (Lipinski definition) is 3. The van der Waals surface area contributed by atoms with Gasteiger partial charge in [0.2, 0.25) is 0 Å². The van der Waals surface area contributed by atoms with Crippen molar-refractivity contribution >= 4 is 23.6 Å². The molecule has 3 N–H and O–H groups in total. The van der Waals surface area contributed by atoms with E-state index in [4.69, 9.17) is 9.47 Å². The van der Waals surface area contributed by atoms with Gasteiger partial charge in [-0.3, -0.25) is 25.1 Å². The largest absolute Gasteiger partial charge is 0.445 e.